The zero-order valence-electron chi connectivity index (χ0n) is 11.6. The molecule has 2 rings (SSSR count). The number of carbonyl (C=O) groups excluding carboxylic acids is 1. The van der Waals surface area contributed by atoms with Gasteiger partial charge in [-0.2, -0.15) is 0 Å². The van der Waals surface area contributed by atoms with Gasteiger partial charge < -0.3 is 10.2 Å². The second kappa shape index (κ2) is 7.48. The molecule has 0 saturated carbocycles. The molecule has 0 aliphatic heterocycles. The van der Waals surface area contributed by atoms with E-state index >= 15 is 0 Å². The second-order valence-electron chi connectivity index (χ2n) is 4.64. The molecule has 1 amide bonds. The summed E-state index contributed by atoms with van der Waals surface area (Å²) in [7, 11) is 2.00. The minimum Gasteiger partial charge on any atom is -0.373 e. The van der Waals surface area contributed by atoms with Gasteiger partial charge in [-0.05, 0) is 46.3 Å². The predicted molar refractivity (Wildman–Crippen MR) is 91.2 cm³/mol. The third kappa shape index (κ3) is 4.48. The zero-order valence-corrected chi connectivity index (χ0v) is 14.0. The van der Waals surface area contributed by atoms with E-state index in [0.29, 0.717) is 17.1 Å². The molecule has 0 radical (unpaired) electrons. The molecule has 0 bridgehead atoms. The summed E-state index contributed by atoms with van der Waals surface area (Å²) in [4.78, 5) is 14.1. The molecule has 0 fully saturated rings. The van der Waals surface area contributed by atoms with E-state index in [0.717, 1.165) is 16.7 Å². The molecular formula is C16H16BrClN2O. The molecule has 0 spiro atoms. The molecule has 0 aliphatic carbocycles. The van der Waals surface area contributed by atoms with Gasteiger partial charge in [0, 0.05) is 35.9 Å². The molecule has 0 heterocycles. The SMILES string of the molecule is CN(CCNC(=O)c1ccc(Cl)c(Br)c1)c1ccccc1. The van der Waals surface area contributed by atoms with E-state index in [9.17, 15) is 4.79 Å². The molecule has 1 N–H and O–H groups in total. The van der Waals surface area contributed by atoms with E-state index in [1.165, 1.54) is 0 Å². The maximum Gasteiger partial charge on any atom is 0.251 e. The van der Waals surface area contributed by atoms with E-state index in [1.807, 2.05) is 37.4 Å². The van der Waals surface area contributed by atoms with Crippen molar-refractivity contribution in [2.75, 3.05) is 25.0 Å². The predicted octanol–water partition coefficient (Wildman–Crippen LogP) is 3.97. The molecule has 5 heteroatoms. The van der Waals surface area contributed by atoms with Gasteiger partial charge in [0.15, 0.2) is 0 Å². The first-order valence-electron chi connectivity index (χ1n) is 6.57. The number of para-hydroxylation sites is 1. The number of nitrogens with one attached hydrogen (secondary N) is 1. The van der Waals surface area contributed by atoms with Crippen molar-refractivity contribution in [3.05, 3.63) is 63.6 Å². The van der Waals surface area contributed by atoms with Crippen LogP contribution >= 0.6 is 27.5 Å². The Labute approximate surface area is 138 Å². The lowest BCUT2D eigenvalue weighted by Crippen LogP contribution is -2.32. The number of hydrogen-bond acceptors (Lipinski definition) is 2. The molecule has 0 atom stereocenters. The number of hydrogen-bond donors (Lipinski definition) is 1. The first-order valence-corrected chi connectivity index (χ1v) is 7.74. The van der Waals surface area contributed by atoms with Crippen LogP contribution in [0.15, 0.2) is 53.0 Å². The number of benzene rings is 2. The summed E-state index contributed by atoms with van der Waals surface area (Å²) in [6.07, 6.45) is 0. The second-order valence-corrected chi connectivity index (χ2v) is 5.90. The lowest BCUT2D eigenvalue weighted by atomic mass is 10.2. The Kier molecular flexibility index (Phi) is 5.65. The van der Waals surface area contributed by atoms with Crippen LogP contribution in [0.3, 0.4) is 0 Å². The summed E-state index contributed by atoms with van der Waals surface area (Å²) < 4.78 is 0.721. The third-order valence-corrected chi connectivity index (χ3v) is 4.33. The Morgan fingerprint density at radius 1 is 1.24 bits per heavy atom. The van der Waals surface area contributed by atoms with Gasteiger partial charge in [0.2, 0.25) is 0 Å². The van der Waals surface area contributed by atoms with Gasteiger partial charge in [0.1, 0.15) is 0 Å². The van der Waals surface area contributed by atoms with E-state index in [4.69, 9.17) is 11.6 Å². The quantitative estimate of drug-likeness (QED) is 0.867. The van der Waals surface area contributed by atoms with Crippen molar-refractivity contribution in [1.29, 1.82) is 0 Å². The van der Waals surface area contributed by atoms with Gasteiger partial charge >= 0.3 is 0 Å². The summed E-state index contributed by atoms with van der Waals surface area (Å²) in [5.74, 6) is -0.103. The molecule has 0 unspecified atom stereocenters. The molecule has 0 saturated heterocycles. The highest BCUT2D eigenvalue weighted by atomic mass is 79.9. The largest absolute Gasteiger partial charge is 0.373 e. The number of anilines is 1. The molecule has 0 aliphatic rings. The van der Waals surface area contributed by atoms with Gasteiger partial charge in [-0.25, -0.2) is 0 Å². The normalized spacial score (nSPS) is 10.2. The minimum absolute atomic E-state index is 0.103. The maximum absolute atomic E-state index is 12.0. The average molecular weight is 368 g/mol. The number of carbonyl (C=O) groups is 1. The van der Waals surface area contributed by atoms with Crippen LogP contribution in [0.25, 0.3) is 0 Å². The van der Waals surface area contributed by atoms with Crippen LogP contribution in [0.1, 0.15) is 10.4 Å². The van der Waals surface area contributed by atoms with Crippen molar-refractivity contribution in [3.63, 3.8) is 0 Å². The summed E-state index contributed by atoms with van der Waals surface area (Å²) >= 11 is 9.23. The average Bonchev–Trinajstić information content (AvgIpc) is 2.50. The Bertz CT molecular complexity index is 619. The van der Waals surface area contributed by atoms with Gasteiger partial charge in [-0.3, -0.25) is 4.79 Å². The topological polar surface area (TPSA) is 32.3 Å². The highest BCUT2D eigenvalue weighted by Crippen LogP contribution is 2.23. The number of likely N-dealkylation sites (N-methyl/N-ethyl adjacent to an activating group) is 1. The van der Waals surface area contributed by atoms with Crippen molar-refractivity contribution >= 4 is 39.1 Å². The first kappa shape index (κ1) is 15.9. The highest BCUT2D eigenvalue weighted by molar-refractivity contribution is 9.10. The Morgan fingerprint density at radius 2 is 1.95 bits per heavy atom. The first-order chi connectivity index (χ1) is 10.1. The molecule has 0 aromatic heterocycles. The Balaban J connectivity index is 1.85. The third-order valence-electron chi connectivity index (χ3n) is 3.11. The molecule has 2 aromatic rings. The monoisotopic (exact) mass is 366 g/mol. The van der Waals surface area contributed by atoms with E-state index in [1.54, 1.807) is 18.2 Å². The van der Waals surface area contributed by atoms with Crippen LogP contribution in [0, 0.1) is 0 Å². The summed E-state index contributed by atoms with van der Waals surface area (Å²) in [6, 6.07) is 15.2. The molecule has 110 valence electrons. The molecule has 2 aromatic carbocycles. The Morgan fingerprint density at radius 3 is 2.62 bits per heavy atom. The molecule has 3 nitrogen and oxygen atoms in total. The fourth-order valence-corrected chi connectivity index (χ4v) is 2.38. The molecular weight excluding hydrogens is 352 g/mol. The van der Waals surface area contributed by atoms with Crippen molar-refractivity contribution in [2.45, 2.75) is 0 Å². The number of amides is 1. The highest BCUT2D eigenvalue weighted by Gasteiger charge is 2.08. The van der Waals surface area contributed by atoms with Gasteiger partial charge in [-0.15, -0.1) is 0 Å². The maximum atomic E-state index is 12.0. The van der Waals surface area contributed by atoms with Crippen LogP contribution in [-0.2, 0) is 0 Å². The van der Waals surface area contributed by atoms with Crippen LogP contribution < -0.4 is 10.2 Å². The number of rotatable bonds is 5. The van der Waals surface area contributed by atoms with Crippen molar-refractivity contribution < 1.29 is 4.79 Å². The number of nitrogens with zero attached hydrogens (tertiary/aromatic N) is 1. The van der Waals surface area contributed by atoms with Crippen molar-refractivity contribution in [1.82, 2.24) is 5.32 Å². The summed E-state index contributed by atoms with van der Waals surface area (Å²) in [5, 5.41) is 3.49. The minimum atomic E-state index is -0.103. The smallest absolute Gasteiger partial charge is 0.251 e. The lowest BCUT2D eigenvalue weighted by Gasteiger charge is -2.19. The van der Waals surface area contributed by atoms with Crippen molar-refractivity contribution in [3.8, 4) is 0 Å². The lowest BCUT2D eigenvalue weighted by molar-refractivity contribution is 0.0954. The van der Waals surface area contributed by atoms with Gasteiger partial charge in [0.25, 0.3) is 5.91 Å². The Hall–Kier alpha value is -1.52. The molecule has 21 heavy (non-hydrogen) atoms. The summed E-state index contributed by atoms with van der Waals surface area (Å²) in [6.45, 7) is 1.31. The van der Waals surface area contributed by atoms with Crippen LogP contribution in [-0.4, -0.2) is 26.0 Å². The van der Waals surface area contributed by atoms with Crippen LogP contribution in [0.2, 0.25) is 5.02 Å². The van der Waals surface area contributed by atoms with Crippen molar-refractivity contribution in [2.24, 2.45) is 0 Å². The van der Waals surface area contributed by atoms with Crippen LogP contribution in [0.5, 0.6) is 0 Å². The fraction of sp³-hybridized carbons (Fsp3) is 0.188. The summed E-state index contributed by atoms with van der Waals surface area (Å²) in [5.41, 5.74) is 1.72. The van der Waals surface area contributed by atoms with E-state index in [2.05, 4.69) is 26.1 Å². The zero-order chi connectivity index (χ0) is 15.2. The van der Waals surface area contributed by atoms with E-state index in [-0.39, 0.29) is 5.91 Å². The van der Waals surface area contributed by atoms with Crippen LogP contribution in [0.4, 0.5) is 5.69 Å². The van der Waals surface area contributed by atoms with Gasteiger partial charge in [0.05, 0.1) is 5.02 Å². The van der Waals surface area contributed by atoms with Gasteiger partial charge in [-0.1, -0.05) is 29.8 Å². The van der Waals surface area contributed by atoms with E-state index < -0.39 is 0 Å². The number of halogens is 2. The fourth-order valence-electron chi connectivity index (χ4n) is 1.89. The standard InChI is InChI=1S/C16H16BrClN2O/c1-20(13-5-3-2-4-6-13)10-9-19-16(21)12-7-8-15(18)14(17)11-12/h2-8,11H,9-10H2,1H3,(H,19,21).